The van der Waals surface area contributed by atoms with Crippen LogP contribution in [0.25, 0.3) is 0 Å². The first-order valence-electron chi connectivity index (χ1n) is 12.3. The Morgan fingerprint density at radius 1 is 1.20 bits per heavy atom. The van der Waals surface area contributed by atoms with Crippen molar-refractivity contribution >= 4 is 45.1 Å². The lowest BCUT2D eigenvalue weighted by Gasteiger charge is -2.29. The molecule has 0 fully saturated rings. The highest BCUT2D eigenvalue weighted by Gasteiger charge is 2.35. The van der Waals surface area contributed by atoms with Crippen LogP contribution in [0.3, 0.4) is 0 Å². The number of nitrogens with one attached hydrogen (secondary N) is 2. The summed E-state index contributed by atoms with van der Waals surface area (Å²) in [4.78, 5) is 13.8. The van der Waals surface area contributed by atoms with Crippen LogP contribution in [0.15, 0.2) is 64.3 Å². The van der Waals surface area contributed by atoms with Gasteiger partial charge in [-0.05, 0) is 94.2 Å². The Labute approximate surface area is 243 Å². The van der Waals surface area contributed by atoms with Gasteiger partial charge >= 0.3 is 0 Å². The number of allylic oxidation sites excluding steroid dienone is 1. The molecular weight excluding hydrogens is 603 g/mol. The van der Waals surface area contributed by atoms with E-state index in [4.69, 9.17) is 21.1 Å². The van der Waals surface area contributed by atoms with Gasteiger partial charge in [0.25, 0.3) is 5.91 Å². The van der Waals surface area contributed by atoms with E-state index in [1.165, 1.54) is 23.9 Å². The van der Waals surface area contributed by atoms with Gasteiger partial charge in [-0.3, -0.25) is 4.79 Å². The van der Waals surface area contributed by atoms with Gasteiger partial charge in [-0.1, -0.05) is 34.9 Å². The van der Waals surface area contributed by atoms with Crippen molar-refractivity contribution in [2.75, 3.05) is 17.7 Å². The number of halogens is 3. The zero-order valence-corrected chi connectivity index (χ0v) is 24.4. The topological polar surface area (TPSA) is 103 Å². The molecular formula is C28H25BrClFN6O3. The number of anilines is 2. The highest BCUT2D eigenvalue weighted by atomic mass is 79.9. The van der Waals surface area contributed by atoms with Gasteiger partial charge in [0, 0.05) is 16.9 Å². The molecule has 4 aromatic rings. The summed E-state index contributed by atoms with van der Waals surface area (Å²) >= 11 is 9.74. The van der Waals surface area contributed by atoms with E-state index in [1.54, 1.807) is 25.1 Å². The second-order valence-corrected chi connectivity index (χ2v) is 10.5. The van der Waals surface area contributed by atoms with Gasteiger partial charge in [0.1, 0.15) is 18.5 Å². The number of rotatable bonds is 7. The molecule has 1 unspecified atom stereocenters. The number of ether oxygens (including phenoxy) is 2. The summed E-state index contributed by atoms with van der Waals surface area (Å²) in [5, 5.41) is 18.4. The SMILES string of the molecule is COc1cc(C2C(C(=O)Nc3cccc(C)c3C)=C(C)Nc3nnnn32)cc(Br)c1OCc1c(F)cccc1Cl. The molecule has 0 radical (unpaired) electrons. The quantitative estimate of drug-likeness (QED) is 0.246. The molecule has 0 aliphatic carbocycles. The number of amides is 1. The molecule has 3 aromatic carbocycles. The first-order valence-corrected chi connectivity index (χ1v) is 13.4. The van der Waals surface area contributed by atoms with Crippen LogP contribution in [0.2, 0.25) is 5.02 Å². The summed E-state index contributed by atoms with van der Waals surface area (Å²) in [5.74, 6) is 0.306. The third-order valence-corrected chi connectivity index (χ3v) is 7.74. The van der Waals surface area contributed by atoms with E-state index >= 15 is 0 Å². The summed E-state index contributed by atoms with van der Waals surface area (Å²) in [5.41, 5.74) is 4.63. The molecule has 1 aliphatic rings. The van der Waals surface area contributed by atoms with E-state index in [-0.39, 0.29) is 23.1 Å². The van der Waals surface area contributed by atoms with Gasteiger partial charge in [0.05, 0.1) is 22.2 Å². The van der Waals surface area contributed by atoms with Crippen molar-refractivity contribution in [1.29, 1.82) is 0 Å². The molecule has 2 heterocycles. The molecule has 0 spiro atoms. The molecule has 0 saturated carbocycles. The largest absolute Gasteiger partial charge is 0.493 e. The van der Waals surface area contributed by atoms with Gasteiger partial charge in [-0.2, -0.15) is 4.68 Å². The predicted octanol–water partition coefficient (Wildman–Crippen LogP) is 6.36. The van der Waals surface area contributed by atoms with Crippen molar-refractivity contribution in [2.24, 2.45) is 0 Å². The molecule has 9 nitrogen and oxygen atoms in total. The maximum atomic E-state index is 14.3. The van der Waals surface area contributed by atoms with Crippen LogP contribution in [0.1, 0.15) is 35.2 Å². The van der Waals surface area contributed by atoms with Gasteiger partial charge < -0.3 is 20.1 Å². The lowest BCUT2D eigenvalue weighted by Crippen LogP contribution is -2.31. The van der Waals surface area contributed by atoms with E-state index < -0.39 is 11.9 Å². The number of aromatic nitrogens is 4. The number of methoxy groups -OCH3 is 1. The molecule has 1 aliphatic heterocycles. The molecule has 5 rings (SSSR count). The number of tetrazole rings is 1. The zero-order valence-electron chi connectivity index (χ0n) is 22.1. The Kier molecular flexibility index (Phi) is 7.77. The van der Waals surface area contributed by atoms with Crippen LogP contribution in [0, 0.1) is 19.7 Å². The van der Waals surface area contributed by atoms with Crippen LogP contribution in [-0.2, 0) is 11.4 Å². The Morgan fingerprint density at radius 3 is 2.73 bits per heavy atom. The molecule has 0 saturated heterocycles. The number of carbonyl (C=O) groups is 1. The normalized spacial score (nSPS) is 14.4. The molecule has 2 N–H and O–H groups in total. The van der Waals surface area contributed by atoms with Crippen molar-refractivity contribution in [3.05, 3.63) is 97.4 Å². The number of benzene rings is 3. The Balaban J connectivity index is 1.53. The van der Waals surface area contributed by atoms with Gasteiger partial charge in [0.15, 0.2) is 11.5 Å². The standard InChI is InChI=1S/C28H25BrClFN6O3/c1-14-7-5-10-22(15(14)2)33-27(38)24-16(3)32-28-34-35-36-37(28)25(24)17-11-19(29)26(23(12-17)39-4)40-13-18-20(30)8-6-9-21(18)31/h5-12,25H,13H2,1-4H3,(H,33,38)(H,32,34,36). The number of aryl methyl sites for hydroxylation is 1. The number of hydrogen-bond donors (Lipinski definition) is 2. The summed E-state index contributed by atoms with van der Waals surface area (Å²) in [7, 11) is 1.49. The fraction of sp³-hybridized carbons (Fsp3) is 0.214. The maximum Gasteiger partial charge on any atom is 0.255 e. The maximum absolute atomic E-state index is 14.3. The minimum absolute atomic E-state index is 0.118. The highest BCUT2D eigenvalue weighted by molar-refractivity contribution is 9.10. The Bertz CT molecular complexity index is 1640. The predicted molar refractivity (Wildman–Crippen MR) is 153 cm³/mol. The van der Waals surface area contributed by atoms with Gasteiger partial charge in [0.2, 0.25) is 5.95 Å². The van der Waals surface area contributed by atoms with E-state index in [2.05, 4.69) is 42.1 Å². The summed E-state index contributed by atoms with van der Waals surface area (Å²) < 4.78 is 28.0. The number of nitrogens with zero attached hydrogens (tertiary/aromatic N) is 4. The van der Waals surface area contributed by atoms with Crippen molar-refractivity contribution < 1.29 is 18.7 Å². The second kappa shape index (κ2) is 11.3. The molecule has 206 valence electrons. The first-order chi connectivity index (χ1) is 19.2. The van der Waals surface area contributed by atoms with Crippen molar-refractivity contribution in [3.8, 4) is 11.5 Å². The molecule has 0 bridgehead atoms. The Morgan fingerprint density at radius 2 is 1.98 bits per heavy atom. The highest BCUT2D eigenvalue weighted by Crippen LogP contribution is 2.43. The number of fused-ring (bicyclic) bond motifs is 1. The molecule has 12 heteroatoms. The van der Waals surface area contributed by atoms with Crippen LogP contribution in [-0.4, -0.2) is 33.2 Å². The third kappa shape index (κ3) is 5.14. The number of carbonyl (C=O) groups excluding carboxylic acids is 1. The van der Waals surface area contributed by atoms with Gasteiger partial charge in [-0.15, -0.1) is 0 Å². The van der Waals surface area contributed by atoms with Crippen LogP contribution < -0.4 is 20.1 Å². The molecule has 1 amide bonds. The monoisotopic (exact) mass is 626 g/mol. The first kappa shape index (κ1) is 27.6. The molecule has 40 heavy (non-hydrogen) atoms. The van der Waals surface area contributed by atoms with Crippen molar-refractivity contribution in [3.63, 3.8) is 0 Å². The average Bonchev–Trinajstić information content (AvgIpc) is 3.38. The van der Waals surface area contributed by atoms with E-state index in [0.29, 0.717) is 44.4 Å². The smallest absolute Gasteiger partial charge is 0.255 e. The third-order valence-electron chi connectivity index (χ3n) is 6.80. The lowest BCUT2D eigenvalue weighted by molar-refractivity contribution is -0.113. The minimum atomic E-state index is -0.698. The van der Waals surface area contributed by atoms with Crippen molar-refractivity contribution in [1.82, 2.24) is 20.2 Å². The number of hydrogen-bond acceptors (Lipinski definition) is 7. The molecule has 1 aromatic heterocycles. The second-order valence-electron chi connectivity index (χ2n) is 9.24. The van der Waals surface area contributed by atoms with E-state index in [9.17, 15) is 9.18 Å². The fourth-order valence-corrected chi connectivity index (χ4v) is 5.33. The van der Waals surface area contributed by atoms with Crippen LogP contribution >= 0.6 is 27.5 Å². The van der Waals surface area contributed by atoms with E-state index in [0.717, 1.165) is 11.1 Å². The lowest BCUT2D eigenvalue weighted by atomic mass is 9.94. The zero-order chi connectivity index (χ0) is 28.6. The summed E-state index contributed by atoms with van der Waals surface area (Å²) in [6.07, 6.45) is 0. The van der Waals surface area contributed by atoms with Crippen molar-refractivity contribution in [2.45, 2.75) is 33.4 Å². The minimum Gasteiger partial charge on any atom is -0.493 e. The summed E-state index contributed by atoms with van der Waals surface area (Å²) in [6.45, 7) is 5.62. The van der Waals surface area contributed by atoms with Gasteiger partial charge in [-0.25, -0.2) is 4.39 Å². The van der Waals surface area contributed by atoms with E-state index in [1.807, 2.05) is 32.0 Å². The van der Waals surface area contributed by atoms with Crippen LogP contribution in [0.4, 0.5) is 16.0 Å². The van der Waals surface area contributed by atoms with Crippen LogP contribution in [0.5, 0.6) is 11.5 Å². The fourth-order valence-electron chi connectivity index (χ4n) is 4.54. The summed E-state index contributed by atoms with van der Waals surface area (Å²) in [6, 6.07) is 13.0. The average molecular weight is 628 g/mol. The molecule has 1 atom stereocenters. The Hall–Kier alpha value is -3.96.